The van der Waals surface area contributed by atoms with Crippen LogP contribution in [0.1, 0.15) is 11.1 Å². The van der Waals surface area contributed by atoms with E-state index in [4.69, 9.17) is 4.74 Å². The van der Waals surface area contributed by atoms with Crippen LogP contribution >= 0.6 is 11.8 Å². The summed E-state index contributed by atoms with van der Waals surface area (Å²) in [6, 6.07) is 13.5. The number of amidine groups is 1. The molecular weight excluding hydrogens is 341 g/mol. The zero-order valence-electron chi connectivity index (χ0n) is 13.6. The van der Waals surface area contributed by atoms with E-state index in [9.17, 15) is 9.18 Å². The average molecular weight is 357 g/mol. The molecule has 0 unspecified atom stereocenters. The van der Waals surface area contributed by atoms with E-state index in [1.807, 2.05) is 24.3 Å². The van der Waals surface area contributed by atoms with Gasteiger partial charge in [-0.05, 0) is 47.5 Å². The van der Waals surface area contributed by atoms with Gasteiger partial charge in [0.05, 0.1) is 25.6 Å². The Hall–Kier alpha value is -2.67. The van der Waals surface area contributed by atoms with E-state index in [0.717, 1.165) is 16.9 Å². The molecule has 1 amide bonds. The Morgan fingerprint density at radius 1 is 1.20 bits per heavy atom. The number of thioether (sulfide) groups is 1. The zero-order chi connectivity index (χ0) is 17.6. The molecule has 7 heteroatoms. The molecule has 1 saturated heterocycles. The number of carbonyl (C=O) groups excluding carboxylic acids is 1. The molecular formula is C18H16FN3O2S. The third-order valence-corrected chi connectivity index (χ3v) is 4.53. The number of methoxy groups -OCH3 is 1. The van der Waals surface area contributed by atoms with Gasteiger partial charge in [-0.2, -0.15) is 5.10 Å². The van der Waals surface area contributed by atoms with Gasteiger partial charge in [0.2, 0.25) is 5.91 Å². The normalized spacial score (nSPS) is 16.2. The second kappa shape index (κ2) is 7.94. The highest BCUT2D eigenvalue weighted by Gasteiger charge is 2.28. The van der Waals surface area contributed by atoms with Gasteiger partial charge in [0.25, 0.3) is 0 Å². The SMILES string of the molecule is COc1ccc(C=NN=C2SCC(=O)N2Cc2ccc(F)cc2)cc1. The molecule has 0 N–H and O–H groups in total. The predicted molar refractivity (Wildman–Crippen MR) is 97.4 cm³/mol. The first-order chi connectivity index (χ1) is 12.2. The minimum Gasteiger partial charge on any atom is -0.497 e. The van der Waals surface area contributed by atoms with Gasteiger partial charge in [0.1, 0.15) is 11.6 Å². The van der Waals surface area contributed by atoms with E-state index in [0.29, 0.717) is 17.5 Å². The van der Waals surface area contributed by atoms with Gasteiger partial charge in [-0.25, -0.2) is 4.39 Å². The van der Waals surface area contributed by atoms with E-state index in [2.05, 4.69) is 10.2 Å². The number of amides is 1. The van der Waals surface area contributed by atoms with Crippen molar-refractivity contribution in [2.45, 2.75) is 6.54 Å². The van der Waals surface area contributed by atoms with Crippen LogP contribution < -0.4 is 4.74 Å². The van der Waals surface area contributed by atoms with E-state index in [-0.39, 0.29) is 11.7 Å². The molecule has 1 fully saturated rings. The molecule has 2 aromatic carbocycles. The summed E-state index contributed by atoms with van der Waals surface area (Å²) >= 11 is 1.34. The lowest BCUT2D eigenvalue weighted by Crippen LogP contribution is -2.28. The number of hydrogen-bond donors (Lipinski definition) is 0. The van der Waals surface area contributed by atoms with Crippen molar-refractivity contribution in [3.8, 4) is 5.75 Å². The molecule has 0 saturated carbocycles. The maximum atomic E-state index is 13.0. The first-order valence-electron chi connectivity index (χ1n) is 7.58. The third kappa shape index (κ3) is 4.45. The van der Waals surface area contributed by atoms with Crippen LogP contribution in [0.2, 0.25) is 0 Å². The highest BCUT2D eigenvalue weighted by Crippen LogP contribution is 2.22. The summed E-state index contributed by atoms with van der Waals surface area (Å²) in [7, 11) is 1.61. The number of nitrogens with zero attached hydrogens (tertiary/aromatic N) is 3. The topological polar surface area (TPSA) is 54.3 Å². The second-order valence-corrected chi connectivity index (χ2v) is 6.24. The number of carbonyl (C=O) groups is 1. The molecule has 0 radical (unpaired) electrons. The fraction of sp³-hybridized carbons (Fsp3) is 0.167. The molecule has 2 aromatic rings. The van der Waals surface area contributed by atoms with Crippen molar-refractivity contribution in [3.63, 3.8) is 0 Å². The molecule has 0 atom stereocenters. The molecule has 25 heavy (non-hydrogen) atoms. The van der Waals surface area contributed by atoms with E-state index < -0.39 is 0 Å². The van der Waals surface area contributed by atoms with Crippen LogP contribution in [0.25, 0.3) is 0 Å². The largest absolute Gasteiger partial charge is 0.497 e. The quantitative estimate of drug-likeness (QED) is 0.609. The van der Waals surface area contributed by atoms with Crippen LogP contribution in [0.15, 0.2) is 58.7 Å². The Balaban J connectivity index is 1.70. The monoisotopic (exact) mass is 357 g/mol. The Bertz CT molecular complexity index is 804. The van der Waals surface area contributed by atoms with Gasteiger partial charge in [0.15, 0.2) is 5.17 Å². The number of halogens is 1. The molecule has 1 aliphatic heterocycles. The lowest BCUT2D eigenvalue weighted by atomic mass is 10.2. The fourth-order valence-corrected chi connectivity index (χ4v) is 3.07. The Labute approximate surface area is 149 Å². The second-order valence-electron chi connectivity index (χ2n) is 5.30. The molecule has 3 rings (SSSR count). The maximum absolute atomic E-state index is 13.0. The summed E-state index contributed by atoms with van der Waals surface area (Å²) in [5.41, 5.74) is 1.72. The highest BCUT2D eigenvalue weighted by atomic mass is 32.2. The van der Waals surface area contributed by atoms with Gasteiger partial charge < -0.3 is 4.74 Å². The van der Waals surface area contributed by atoms with Crippen molar-refractivity contribution < 1.29 is 13.9 Å². The van der Waals surface area contributed by atoms with Crippen molar-refractivity contribution in [3.05, 3.63) is 65.5 Å². The third-order valence-electron chi connectivity index (χ3n) is 3.58. The average Bonchev–Trinajstić information content (AvgIpc) is 2.98. The standard InChI is InChI=1S/C18H16FN3O2S/c1-24-16-8-4-13(5-9-16)10-20-21-18-22(17(23)12-25-18)11-14-2-6-15(19)7-3-14/h2-10H,11-12H2,1H3. The van der Waals surface area contributed by atoms with Gasteiger partial charge in [-0.1, -0.05) is 23.9 Å². The van der Waals surface area contributed by atoms with Crippen molar-refractivity contribution in [2.75, 3.05) is 12.9 Å². The smallest absolute Gasteiger partial charge is 0.239 e. The van der Waals surface area contributed by atoms with Crippen LogP contribution in [0.4, 0.5) is 4.39 Å². The van der Waals surface area contributed by atoms with Crippen LogP contribution in [0, 0.1) is 5.82 Å². The summed E-state index contributed by atoms with van der Waals surface area (Å²) in [6.45, 7) is 0.350. The first kappa shape index (κ1) is 17.2. The molecule has 1 heterocycles. The number of rotatable bonds is 5. The molecule has 1 aliphatic rings. The van der Waals surface area contributed by atoms with Gasteiger partial charge in [0, 0.05) is 0 Å². The highest BCUT2D eigenvalue weighted by molar-refractivity contribution is 8.15. The Morgan fingerprint density at radius 2 is 1.92 bits per heavy atom. The van der Waals surface area contributed by atoms with Crippen LogP contribution in [-0.4, -0.2) is 35.1 Å². The summed E-state index contributed by atoms with van der Waals surface area (Å²) in [5, 5.41) is 8.76. The van der Waals surface area contributed by atoms with E-state index in [1.54, 1.807) is 30.4 Å². The minimum atomic E-state index is -0.302. The summed E-state index contributed by atoms with van der Waals surface area (Å²) in [4.78, 5) is 13.6. The van der Waals surface area contributed by atoms with Crippen molar-refractivity contribution in [1.82, 2.24) is 4.90 Å². The molecule has 0 aromatic heterocycles. The lowest BCUT2D eigenvalue weighted by Gasteiger charge is -2.15. The van der Waals surface area contributed by atoms with Crippen molar-refractivity contribution >= 4 is 29.1 Å². The van der Waals surface area contributed by atoms with E-state index >= 15 is 0 Å². The summed E-state index contributed by atoms with van der Waals surface area (Å²) < 4.78 is 18.1. The summed E-state index contributed by atoms with van der Waals surface area (Å²) in [5.74, 6) is 0.764. The molecule has 0 aliphatic carbocycles. The fourth-order valence-electron chi connectivity index (χ4n) is 2.23. The van der Waals surface area contributed by atoms with Gasteiger partial charge in [-0.15, -0.1) is 5.10 Å². The molecule has 0 spiro atoms. The number of benzene rings is 2. The lowest BCUT2D eigenvalue weighted by molar-refractivity contribution is -0.124. The number of ether oxygens (including phenoxy) is 1. The van der Waals surface area contributed by atoms with E-state index in [1.165, 1.54) is 23.9 Å². The Kier molecular flexibility index (Phi) is 5.45. The first-order valence-corrected chi connectivity index (χ1v) is 8.57. The van der Waals surface area contributed by atoms with Crippen LogP contribution in [-0.2, 0) is 11.3 Å². The predicted octanol–water partition coefficient (Wildman–Crippen LogP) is 3.30. The summed E-state index contributed by atoms with van der Waals surface area (Å²) in [6.07, 6.45) is 1.62. The minimum absolute atomic E-state index is 0.0345. The Morgan fingerprint density at radius 3 is 2.60 bits per heavy atom. The molecule has 0 bridgehead atoms. The van der Waals surface area contributed by atoms with Crippen LogP contribution in [0.5, 0.6) is 5.75 Å². The number of hydrogen-bond acceptors (Lipinski definition) is 5. The maximum Gasteiger partial charge on any atom is 0.239 e. The van der Waals surface area contributed by atoms with Crippen LogP contribution in [0.3, 0.4) is 0 Å². The van der Waals surface area contributed by atoms with Crippen molar-refractivity contribution in [1.29, 1.82) is 0 Å². The molecule has 128 valence electrons. The zero-order valence-corrected chi connectivity index (χ0v) is 14.4. The van der Waals surface area contributed by atoms with Crippen molar-refractivity contribution in [2.24, 2.45) is 10.2 Å². The molecule has 5 nitrogen and oxygen atoms in total. The van der Waals surface area contributed by atoms with Gasteiger partial charge >= 0.3 is 0 Å². The van der Waals surface area contributed by atoms with Gasteiger partial charge in [-0.3, -0.25) is 9.69 Å².